The average molecular weight is 326 g/mol. The Morgan fingerprint density at radius 3 is 2.79 bits per heavy atom. The molecule has 0 aliphatic heterocycles. The van der Waals surface area contributed by atoms with E-state index < -0.39 is 10.7 Å². The third-order valence-corrected chi connectivity index (χ3v) is 2.84. The smallest absolute Gasteiger partial charge is 0.272 e. The molecule has 19 heavy (non-hydrogen) atoms. The third kappa shape index (κ3) is 3.47. The molecule has 0 amide bonds. The number of nitrogens with zero attached hydrogens (tertiary/aromatic N) is 2. The number of hydrogen-bond acceptors (Lipinski definition) is 4. The number of hydrogen-bond donors (Lipinski definition) is 1. The van der Waals surface area contributed by atoms with Gasteiger partial charge in [-0.15, -0.1) is 0 Å². The maximum Gasteiger partial charge on any atom is 0.272 e. The molecular formula is C12H9BrFN3O2. The van der Waals surface area contributed by atoms with Gasteiger partial charge in [0.15, 0.2) is 5.82 Å². The van der Waals surface area contributed by atoms with E-state index in [-0.39, 0.29) is 11.4 Å². The fourth-order valence-corrected chi connectivity index (χ4v) is 1.88. The van der Waals surface area contributed by atoms with Gasteiger partial charge in [0.25, 0.3) is 5.69 Å². The fourth-order valence-electron chi connectivity index (χ4n) is 1.50. The van der Waals surface area contributed by atoms with Crippen molar-refractivity contribution in [1.29, 1.82) is 0 Å². The highest BCUT2D eigenvalue weighted by atomic mass is 79.9. The van der Waals surface area contributed by atoms with Crippen molar-refractivity contribution < 1.29 is 9.31 Å². The Morgan fingerprint density at radius 1 is 1.37 bits per heavy atom. The van der Waals surface area contributed by atoms with Crippen molar-refractivity contribution in [3.05, 3.63) is 62.6 Å². The van der Waals surface area contributed by atoms with Crippen LogP contribution in [-0.2, 0) is 6.54 Å². The second kappa shape index (κ2) is 5.75. The van der Waals surface area contributed by atoms with Gasteiger partial charge < -0.3 is 5.32 Å². The zero-order chi connectivity index (χ0) is 13.8. The van der Waals surface area contributed by atoms with E-state index >= 15 is 0 Å². The number of non-ortho nitro benzene ring substituents is 1. The molecule has 0 fully saturated rings. The number of halogens is 2. The largest absolute Gasteiger partial charge is 0.377 e. The van der Waals surface area contributed by atoms with Crippen molar-refractivity contribution in [3.63, 3.8) is 0 Å². The molecule has 5 nitrogen and oxygen atoms in total. The van der Waals surface area contributed by atoms with E-state index in [1.165, 1.54) is 12.1 Å². The van der Waals surface area contributed by atoms with Gasteiger partial charge in [0.1, 0.15) is 4.60 Å². The molecule has 1 N–H and O–H groups in total. The topological polar surface area (TPSA) is 68.1 Å². The van der Waals surface area contributed by atoms with Gasteiger partial charge in [0.2, 0.25) is 0 Å². The van der Waals surface area contributed by atoms with Crippen molar-refractivity contribution in [1.82, 2.24) is 4.98 Å². The van der Waals surface area contributed by atoms with Gasteiger partial charge in [-0.2, -0.15) is 0 Å². The highest BCUT2D eigenvalue weighted by Crippen LogP contribution is 2.21. The Kier molecular flexibility index (Phi) is 4.06. The number of anilines is 1. The summed E-state index contributed by atoms with van der Waals surface area (Å²) in [6, 6.07) is 8.87. The van der Waals surface area contributed by atoms with E-state index in [1.54, 1.807) is 12.1 Å². The molecule has 1 aromatic heterocycles. The maximum absolute atomic E-state index is 13.6. The molecule has 0 unspecified atom stereocenters. The minimum absolute atomic E-state index is 0.201. The zero-order valence-corrected chi connectivity index (χ0v) is 11.2. The van der Waals surface area contributed by atoms with Crippen LogP contribution in [0, 0.1) is 15.9 Å². The number of nitro benzene ring substituents is 1. The molecule has 0 spiro atoms. The molecule has 7 heteroatoms. The molecule has 1 heterocycles. The van der Waals surface area contributed by atoms with Gasteiger partial charge in [-0.3, -0.25) is 10.1 Å². The minimum Gasteiger partial charge on any atom is -0.377 e. The van der Waals surface area contributed by atoms with Crippen LogP contribution >= 0.6 is 15.9 Å². The molecule has 0 bridgehead atoms. The Hall–Kier alpha value is -2.02. The maximum atomic E-state index is 13.6. The first-order valence-electron chi connectivity index (χ1n) is 5.35. The van der Waals surface area contributed by atoms with Gasteiger partial charge in [0, 0.05) is 6.07 Å². The van der Waals surface area contributed by atoms with E-state index in [0.717, 1.165) is 11.8 Å². The summed E-state index contributed by atoms with van der Waals surface area (Å²) < 4.78 is 14.3. The van der Waals surface area contributed by atoms with Gasteiger partial charge >= 0.3 is 0 Å². The number of aromatic nitrogens is 1. The van der Waals surface area contributed by atoms with Crippen LogP contribution in [0.2, 0.25) is 0 Å². The Bertz CT molecular complexity index is 622. The second-order valence-electron chi connectivity index (χ2n) is 3.73. The normalized spacial score (nSPS) is 10.2. The highest BCUT2D eigenvalue weighted by Gasteiger charge is 2.10. The van der Waals surface area contributed by atoms with Crippen LogP contribution in [0.4, 0.5) is 15.8 Å². The van der Waals surface area contributed by atoms with Crippen molar-refractivity contribution in [2.24, 2.45) is 0 Å². The molecule has 2 aromatic rings. The second-order valence-corrected chi connectivity index (χ2v) is 4.54. The summed E-state index contributed by atoms with van der Waals surface area (Å²) >= 11 is 3.24. The molecule has 0 saturated carbocycles. The number of benzene rings is 1. The summed E-state index contributed by atoms with van der Waals surface area (Å²) in [5.74, 6) is -0.663. The van der Waals surface area contributed by atoms with E-state index in [0.29, 0.717) is 11.1 Å². The summed E-state index contributed by atoms with van der Waals surface area (Å²) in [4.78, 5) is 14.0. The van der Waals surface area contributed by atoms with Crippen LogP contribution in [0.15, 0.2) is 41.0 Å². The lowest BCUT2D eigenvalue weighted by molar-refractivity contribution is -0.385. The van der Waals surface area contributed by atoms with Gasteiger partial charge in [-0.05, 0) is 34.1 Å². The number of rotatable bonds is 4. The Balaban J connectivity index is 2.10. The third-order valence-electron chi connectivity index (χ3n) is 2.40. The van der Waals surface area contributed by atoms with E-state index in [1.807, 2.05) is 6.07 Å². The minimum atomic E-state index is -0.663. The summed E-state index contributed by atoms with van der Waals surface area (Å²) in [7, 11) is 0. The zero-order valence-electron chi connectivity index (χ0n) is 9.64. The lowest BCUT2D eigenvalue weighted by atomic mass is 10.2. The SMILES string of the molecule is O=[N+]([O-])c1ccc(NCc2cccc(Br)n2)c(F)c1. The molecule has 0 atom stereocenters. The van der Waals surface area contributed by atoms with Crippen molar-refractivity contribution in [3.8, 4) is 0 Å². The highest BCUT2D eigenvalue weighted by molar-refractivity contribution is 9.10. The van der Waals surface area contributed by atoms with Crippen LogP contribution in [0.5, 0.6) is 0 Å². The van der Waals surface area contributed by atoms with E-state index in [2.05, 4.69) is 26.2 Å². The molecule has 1 aromatic carbocycles. The first-order chi connectivity index (χ1) is 9.06. The number of nitrogens with one attached hydrogen (secondary N) is 1. The first kappa shape index (κ1) is 13.4. The van der Waals surface area contributed by atoms with Crippen molar-refractivity contribution in [2.75, 3.05) is 5.32 Å². The molecule has 2 rings (SSSR count). The quantitative estimate of drug-likeness (QED) is 0.530. The van der Waals surface area contributed by atoms with Gasteiger partial charge in [-0.1, -0.05) is 6.07 Å². The molecule has 0 radical (unpaired) electrons. The molecular weight excluding hydrogens is 317 g/mol. The molecule has 0 aliphatic carbocycles. The summed E-state index contributed by atoms with van der Waals surface area (Å²) in [5.41, 5.74) is 0.656. The molecule has 0 saturated heterocycles. The summed E-state index contributed by atoms with van der Waals surface area (Å²) in [6.45, 7) is 0.328. The van der Waals surface area contributed by atoms with Crippen LogP contribution in [0.3, 0.4) is 0 Å². The Labute approximate surface area is 116 Å². The van der Waals surface area contributed by atoms with Crippen LogP contribution in [0.1, 0.15) is 5.69 Å². The fraction of sp³-hybridized carbons (Fsp3) is 0.0833. The first-order valence-corrected chi connectivity index (χ1v) is 6.15. The van der Waals surface area contributed by atoms with E-state index in [4.69, 9.17) is 0 Å². The van der Waals surface area contributed by atoms with Crippen LogP contribution in [-0.4, -0.2) is 9.91 Å². The lowest BCUT2D eigenvalue weighted by Crippen LogP contribution is -2.03. The monoisotopic (exact) mass is 325 g/mol. The van der Waals surface area contributed by atoms with Crippen LogP contribution in [0.25, 0.3) is 0 Å². The van der Waals surface area contributed by atoms with E-state index in [9.17, 15) is 14.5 Å². The average Bonchev–Trinajstić information content (AvgIpc) is 2.37. The Morgan fingerprint density at radius 2 is 2.16 bits per heavy atom. The summed E-state index contributed by atoms with van der Waals surface area (Å²) in [5, 5.41) is 13.3. The molecule has 0 aliphatic rings. The van der Waals surface area contributed by atoms with Crippen molar-refractivity contribution in [2.45, 2.75) is 6.54 Å². The lowest BCUT2D eigenvalue weighted by Gasteiger charge is -2.07. The van der Waals surface area contributed by atoms with Gasteiger partial charge in [0.05, 0.1) is 28.9 Å². The van der Waals surface area contributed by atoms with Crippen LogP contribution < -0.4 is 5.32 Å². The number of nitro groups is 1. The van der Waals surface area contributed by atoms with Crippen molar-refractivity contribution >= 4 is 27.3 Å². The standard InChI is InChI=1S/C12H9BrFN3O2/c13-12-3-1-2-8(16-12)7-15-11-5-4-9(17(18)19)6-10(11)14/h1-6,15H,7H2. The number of pyridine rings is 1. The predicted octanol–water partition coefficient (Wildman–Crippen LogP) is 3.50. The predicted molar refractivity (Wildman–Crippen MR) is 72.3 cm³/mol. The summed E-state index contributed by atoms with van der Waals surface area (Å²) in [6.07, 6.45) is 0. The van der Waals surface area contributed by atoms with Gasteiger partial charge in [-0.25, -0.2) is 9.37 Å². The molecule has 98 valence electrons.